The molecule has 2 amide bonds. The van der Waals surface area contributed by atoms with Crippen LogP contribution in [-0.2, 0) is 4.79 Å². The number of ether oxygens (including phenoxy) is 1. The fraction of sp³-hybridized carbons (Fsp3) is 0.381. The van der Waals surface area contributed by atoms with E-state index < -0.39 is 12.3 Å². The van der Waals surface area contributed by atoms with E-state index in [4.69, 9.17) is 5.73 Å². The number of nitrogens with zero attached hydrogens (tertiary/aromatic N) is 3. The molecule has 2 aromatic rings. The van der Waals surface area contributed by atoms with Crippen LogP contribution in [0.4, 0.5) is 19.0 Å². The summed E-state index contributed by atoms with van der Waals surface area (Å²) in [6, 6.07) is 5.06. The summed E-state index contributed by atoms with van der Waals surface area (Å²) < 4.78 is 42.8. The first-order valence-electron chi connectivity index (χ1n) is 9.93. The molecule has 32 heavy (non-hydrogen) atoms. The van der Waals surface area contributed by atoms with Gasteiger partial charge in [-0.2, -0.15) is 5.10 Å². The van der Waals surface area contributed by atoms with Crippen molar-refractivity contribution in [3.05, 3.63) is 42.5 Å². The lowest BCUT2D eigenvalue weighted by molar-refractivity contribution is -0.274. The first kappa shape index (κ1) is 21.7. The Morgan fingerprint density at radius 3 is 2.44 bits per heavy atom. The number of carbonyl (C=O) groups excluding carboxylic acids is 2. The third-order valence-electron chi connectivity index (χ3n) is 5.98. The number of amides is 2. The number of nitrogens with two attached hydrogens (primary N) is 1. The van der Waals surface area contributed by atoms with Gasteiger partial charge in [-0.15, -0.1) is 13.2 Å². The maximum Gasteiger partial charge on any atom is 0.573 e. The van der Waals surface area contributed by atoms with Crippen LogP contribution in [-0.4, -0.2) is 53.0 Å². The van der Waals surface area contributed by atoms with Crippen LogP contribution in [0.15, 0.2) is 36.9 Å². The topological polar surface area (TPSA) is 102 Å². The van der Waals surface area contributed by atoms with Gasteiger partial charge in [0, 0.05) is 31.1 Å². The van der Waals surface area contributed by atoms with Crippen molar-refractivity contribution in [1.82, 2.24) is 20.0 Å². The molecule has 1 aliphatic carbocycles. The summed E-state index contributed by atoms with van der Waals surface area (Å²) >= 11 is 0. The van der Waals surface area contributed by atoms with Gasteiger partial charge in [-0.05, 0) is 43.2 Å². The maximum absolute atomic E-state index is 12.5. The molecule has 1 aromatic carbocycles. The Hall–Kier alpha value is -3.50. The van der Waals surface area contributed by atoms with E-state index in [9.17, 15) is 22.8 Å². The minimum Gasteiger partial charge on any atom is -0.406 e. The summed E-state index contributed by atoms with van der Waals surface area (Å²) in [6.07, 6.45) is -1.99. The molecule has 2 aliphatic rings. The highest BCUT2D eigenvalue weighted by atomic mass is 19.4. The van der Waals surface area contributed by atoms with Crippen molar-refractivity contribution < 1.29 is 27.5 Å². The number of halogens is 3. The third-order valence-corrected chi connectivity index (χ3v) is 5.98. The molecule has 0 unspecified atom stereocenters. The zero-order valence-corrected chi connectivity index (χ0v) is 17.3. The zero-order valence-electron chi connectivity index (χ0n) is 17.3. The first-order valence-corrected chi connectivity index (χ1v) is 9.93. The van der Waals surface area contributed by atoms with Crippen LogP contribution in [0.5, 0.6) is 5.75 Å². The number of alkyl halides is 3. The lowest BCUT2D eigenvalue weighted by Crippen LogP contribution is -2.63. The Morgan fingerprint density at radius 1 is 1.28 bits per heavy atom. The second-order valence-electron chi connectivity index (χ2n) is 8.17. The molecule has 1 aromatic heterocycles. The van der Waals surface area contributed by atoms with Crippen LogP contribution in [0.1, 0.15) is 29.2 Å². The van der Waals surface area contributed by atoms with Gasteiger partial charge in [0.1, 0.15) is 22.8 Å². The van der Waals surface area contributed by atoms with Gasteiger partial charge in [0.05, 0.1) is 6.04 Å². The van der Waals surface area contributed by atoms with E-state index in [1.54, 1.807) is 9.58 Å². The van der Waals surface area contributed by atoms with Gasteiger partial charge in [0.25, 0.3) is 5.91 Å². The van der Waals surface area contributed by atoms with Crippen molar-refractivity contribution in [1.29, 1.82) is 0 Å². The Bertz CT molecular complexity index is 1060. The smallest absolute Gasteiger partial charge is 0.406 e. The van der Waals surface area contributed by atoms with Gasteiger partial charge in [-0.1, -0.05) is 6.58 Å². The summed E-state index contributed by atoms with van der Waals surface area (Å²) in [5.74, 6) is -0.729. The van der Waals surface area contributed by atoms with Crippen LogP contribution < -0.4 is 15.8 Å². The molecule has 0 bridgehead atoms. The van der Waals surface area contributed by atoms with Crippen molar-refractivity contribution in [2.75, 3.05) is 25.9 Å². The molecule has 1 aliphatic heterocycles. The lowest BCUT2D eigenvalue weighted by Gasteiger charge is -2.58. The van der Waals surface area contributed by atoms with E-state index in [0.717, 1.165) is 25.0 Å². The average Bonchev–Trinajstić information content (AvgIpc) is 3.01. The van der Waals surface area contributed by atoms with Crippen molar-refractivity contribution >= 4 is 17.6 Å². The van der Waals surface area contributed by atoms with Crippen LogP contribution in [0.25, 0.3) is 11.3 Å². The number of carbonyl (C=O) groups is 2. The third kappa shape index (κ3) is 3.78. The first-order chi connectivity index (χ1) is 15.1. The quantitative estimate of drug-likeness (QED) is 0.684. The average molecular weight is 449 g/mol. The van der Waals surface area contributed by atoms with Crippen LogP contribution >= 0.6 is 0 Å². The number of aromatic nitrogens is 2. The number of anilines is 1. The number of benzene rings is 1. The molecule has 1 saturated heterocycles. The fourth-order valence-electron chi connectivity index (χ4n) is 4.51. The molecule has 2 heterocycles. The predicted octanol–water partition coefficient (Wildman–Crippen LogP) is 2.74. The van der Waals surface area contributed by atoms with Gasteiger partial charge in [0.2, 0.25) is 5.91 Å². The second-order valence-corrected chi connectivity index (χ2v) is 8.17. The molecule has 8 nitrogen and oxygen atoms in total. The molecular weight excluding hydrogens is 427 g/mol. The number of rotatable bonds is 5. The molecule has 0 radical (unpaired) electrons. The van der Waals surface area contributed by atoms with Gasteiger partial charge in [-0.3, -0.25) is 9.59 Å². The molecule has 170 valence electrons. The highest BCUT2D eigenvalue weighted by Crippen LogP contribution is 2.55. The molecule has 3 N–H and O–H groups in total. The monoisotopic (exact) mass is 449 g/mol. The second kappa shape index (κ2) is 7.57. The summed E-state index contributed by atoms with van der Waals surface area (Å²) in [5.41, 5.74) is 7.17. The number of hydrogen-bond donors (Lipinski definition) is 2. The highest BCUT2D eigenvalue weighted by molar-refractivity contribution is 6.04. The SMILES string of the molecule is C=CC(=O)N1CC2(CC(n3nc(-c4ccc(OC(F)(F)F)cc4)c(C(=O)NC)c3N)C2)C1. The molecule has 1 saturated carbocycles. The van der Waals surface area contributed by atoms with Crippen molar-refractivity contribution in [3.8, 4) is 17.0 Å². The number of likely N-dealkylation sites (tertiary alicyclic amines) is 1. The fourth-order valence-corrected chi connectivity index (χ4v) is 4.51. The zero-order chi connectivity index (χ0) is 23.3. The molecular formula is C21H22F3N5O3. The Balaban J connectivity index is 1.57. The minimum absolute atomic E-state index is 0.0195. The van der Waals surface area contributed by atoms with Crippen LogP contribution in [0, 0.1) is 5.41 Å². The van der Waals surface area contributed by atoms with E-state index in [1.165, 1.54) is 25.3 Å². The summed E-state index contributed by atoms with van der Waals surface area (Å²) in [4.78, 5) is 25.9. The van der Waals surface area contributed by atoms with Gasteiger partial charge < -0.3 is 20.7 Å². The summed E-state index contributed by atoms with van der Waals surface area (Å²) in [5, 5.41) is 7.07. The molecule has 1 spiro atoms. The largest absolute Gasteiger partial charge is 0.573 e. The Morgan fingerprint density at radius 2 is 1.91 bits per heavy atom. The van der Waals surface area contributed by atoms with E-state index >= 15 is 0 Å². The van der Waals surface area contributed by atoms with Gasteiger partial charge >= 0.3 is 6.36 Å². The van der Waals surface area contributed by atoms with E-state index in [0.29, 0.717) is 18.7 Å². The van der Waals surface area contributed by atoms with Gasteiger partial charge in [-0.25, -0.2) is 4.68 Å². The van der Waals surface area contributed by atoms with E-state index in [-0.39, 0.29) is 40.2 Å². The highest BCUT2D eigenvalue weighted by Gasteiger charge is 2.54. The number of nitrogen functional groups attached to an aromatic ring is 1. The molecule has 11 heteroatoms. The van der Waals surface area contributed by atoms with Crippen molar-refractivity contribution in [2.24, 2.45) is 5.41 Å². The summed E-state index contributed by atoms with van der Waals surface area (Å²) in [7, 11) is 1.46. The molecule has 2 fully saturated rings. The summed E-state index contributed by atoms with van der Waals surface area (Å²) in [6.45, 7) is 4.78. The van der Waals surface area contributed by atoms with Crippen LogP contribution in [0.2, 0.25) is 0 Å². The maximum atomic E-state index is 12.5. The van der Waals surface area contributed by atoms with E-state index in [1.807, 2.05) is 0 Å². The number of nitrogens with one attached hydrogen (secondary N) is 1. The minimum atomic E-state index is -4.80. The molecule has 0 atom stereocenters. The van der Waals surface area contributed by atoms with E-state index in [2.05, 4.69) is 21.7 Å². The number of hydrogen-bond acceptors (Lipinski definition) is 5. The predicted molar refractivity (Wildman–Crippen MR) is 110 cm³/mol. The standard InChI is InChI=1S/C21H22F3N5O3/c1-3-15(30)28-10-20(11-28)8-13(9-20)29-18(25)16(19(31)26-2)17(27-29)12-4-6-14(7-5-12)32-21(22,23)24/h3-7,13H,1,8-11,25H2,2H3,(H,26,31). The lowest BCUT2D eigenvalue weighted by atomic mass is 9.60. The van der Waals surface area contributed by atoms with Crippen molar-refractivity contribution in [3.63, 3.8) is 0 Å². The normalized spacial score (nSPS) is 17.4. The molecule has 4 rings (SSSR count). The Kier molecular flexibility index (Phi) is 5.14. The van der Waals surface area contributed by atoms with Crippen molar-refractivity contribution in [2.45, 2.75) is 25.2 Å². The van der Waals surface area contributed by atoms with Gasteiger partial charge in [0.15, 0.2) is 0 Å². The van der Waals surface area contributed by atoms with Crippen LogP contribution in [0.3, 0.4) is 0 Å². The Labute approximate surface area is 181 Å².